The number of imidazole rings is 1. The monoisotopic (exact) mass is 370 g/mol. The second kappa shape index (κ2) is 9.90. The molecule has 3 rings (SSSR count). The molecule has 1 saturated heterocycles. The first-order valence-corrected chi connectivity index (χ1v) is 10.2. The summed E-state index contributed by atoms with van der Waals surface area (Å²) < 4.78 is 7.71. The van der Waals surface area contributed by atoms with Gasteiger partial charge in [0.2, 0.25) is 0 Å². The SMILES string of the molecule is CCn1ccnc1CN(C)CC1CCN(CCc2ccccc2OC)CC1. The molecular formula is C22H34N4O. The van der Waals surface area contributed by atoms with Gasteiger partial charge in [0, 0.05) is 32.0 Å². The van der Waals surface area contributed by atoms with Gasteiger partial charge < -0.3 is 14.2 Å². The molecule has 2 aromatic rings. The minimum atomic E-state index is 0.794. The first kappa shape index (κ1) is 19.9. The molecule has 27 heavy (non-hydrogen) atoms. The summed E-state index contributed by atoms with van der Waals surface area (Å²) in [5.74, 6) is 2.98. The van der Waals surface area contributed by atoms with Gasteiger partial charge in [-0.05, 0) is 63.9 Å². The first-order chi connectivity index (χ1) is 13.2. The Morgan fingerprint density at radius 1 is 1.22 bits per heavy atom. The summed E-state index contributed by atoms with van der Waals surface area (Å²) in [6, 6.07) is 8.38. The largest absolute Gasteiger partial charge is 0.496 e. The van der Waals surface area contributed by atoms with E-state index in [1.54, 1.807) is 7.11 Å². The second-order valence-corrected chi connectivity index (χ2v) is 7.67. The Bertz CT molecular complexity index is 691. The Balaban J connectivity index is 1.39. The van der Waals surface area contributed by atoms with Crippen molar-refractivity contribution in [1.29, 1.82) is 0 Å². The number of ether oxygens (including phenoxy) is 1. The fraction of sp³-hybridized carbons (Fsp3) is 0.591. The Kier molecular flexibility index (Phi) is 7.30. The number of benzene rings is 1. The summed E-state index contributed by atoms with van der Waals surface area (Å²) in [4.78, 5) is 9.54. The molecule has 0 bridgehead atoms. The summed E-state index contributed by atoms with van der Waals surface area (Å²) in [5.41, 5.74) is 1.31. The van der Waals surface area contributed by atoms with Gasteiger partial charge in [-0.25, -0.2) is 4.98 Å². The number of nitrogens with zero attached hydrogens (tertiary/aromatic N) is 4. The zero-order valence-electron chi connectivity index (χ0n) is 17.1. The van der Waals surface area contributed by atoms with Crippen LogP contribution >= 0.6 is 0 Å². The van der Waals surface area contributed by atoms with Crippen LogP contribution < -0.4 is 4.74 Å². The third kappa shape index (κ3) is 5.56. The maximum Gasteiger partial charge on any atom is 0.122 e. The normalized spacial score (nSPS) is 16.1. The average molecular weight is 371 g/mol. The van der Waals surface area contributed by atoms with Crippen molar-refractivity contribution in [2.75, 3.05) is 40.3 Å². The molecule has 0 N–H and O–H groups in total. The first-order valence-electron chi connectivity index (χ1n) is 10.2. The van der Waals surface area contributed by atoms with E-state index in [0.29, 0.717) is 0 Å². The van der Waals surface area contributed by atoms with E-state index in [4.69, 9.17) is 4.74 Å². The molecule has 148 valence electrons. The molecule has 5 nitrogen and oxygen atoms in total. The summed E-state index contributed by atoms with van der Waals surface area (Å²) in [5, 5.41) is 0. The minimum absolute atomic E-state index is 0.794. The Morgan fingerprint density at radius 3 is 2.74 bits per heavy atom. The van der Waals surface area contributed by atoms with Gasteiger partial charge in [-0.2, -0.15) is 0 Å². The van der Waals surface area contributed by atoms with E-state index in [0.717, 1.165) is 44.3 Å². The van der Waals surface area contributed by atoms with Gasteiger partial charge in [0.25, 0.3) is 0 Å². The minimum Gasteiger partial charge on any atom is -0.496 e. The van der Waals surface area contributed by atoms with Crippen LogP contribution in [0.2, 0.25) is 0 Å². The molecule has 2 heterocycles. The molecule has 0 unspecified atom stereocenters. The highest BCUT2D eigenvalue weighted by Crippen LogP contribution is 2.21. The second-order valence-electron chi connectivity index (χ2n) is 7.67. The highest BCUT2D eigenvalue weighted by molar-refractivity contribution is 5.33. The fourth-order valence-electron chi connectivity index (χ4n) is 4.11. The van der Waals surface area contributed by atoms with Crippen LogP contribution in [-0.4, -0.2) is 59.7 Å². The van der Waals surface area contributed by atoms with E-state index in [-0.39, 0.29) is 0 Å². The van der Waals surface area contributed by atoms with Crippen LogP contribution in [0.5, 0.6) is 5.75 Å². The quantitative estimate of drug-likeness (QED) is 0.678. The molecule has 0 spiro atoms. The van der Waals surface area contributed by atoms with Crippen molar-refractivity contribution in [2.24, 2.45) is 5.92 Å². The number of likely N-dealkylation sites (tertiary alicyclic amines) is 1. The molecular weight excluding hydrogens is 336 g/mol. The number of piperidine rings is 1. The third-order valence-corrected chi connectivity index (χ3v) is 5.72. The van der Waals surface area contributed by atoms with Crippen LogP contribution in [-0.2, 0) is 19.5 Å². The van der Waals surface area contributed by atoms with Crippen molar-refractivity contribution in [3.8, 4) is 5.75 Å². The molecule has 1 aliphatic heterocycles. The molecule has 1 fully saturated rings. The average Bonchev–Trinajstić information content (AvgIpc) is 3.14. The molecule has 1 aromatic carbocycles. The predicted octanol–water partition coefficient (Wildman–Crippen LogP) is 3.30. The standard InChI is InChI=1S/C22H34N4O/c1-4-26-16-12-23-22(26)18-24(2)17-19-9-13-25(14-10-19)15-11-20-7-5-6-8-21(20)27-3/h5-8,12,16,19H,4,9-11,13-15,17-18H2,1-3H3. The van der Waals surface area contributed by atoms with E-state index in [1.807, 2.05) is 12.3 Å². The van der Waals surface area contributed by atoms with Crippen molar-refractivity contribution < 1.29 is 4.74 Å². The van der Waals surface area contributed by atoms with Crippen LogP contribution in [0.25, 0.3) is 0 Å². The fourth-order valence-corrected chi connectivity index (χ4v) is 4.11. The van der Waals surface area contributed by atoms with E-state index in [2.05, 4.69) is 57.7 Å². The number of hydrogen-bond acceptors (Lipinski definition) is 4. The van der Waals surface area contributed by atoms with E-state index >= 15 is 0 Å². The number of methoxy groups -OCH3 is 1. The van der Waals surface area contributed by atoms with Gasteiger partial charge in [0.1, 0.15) is 11.6 Å². The maximum absolute atomic E-state index is 5.47. The van der Waals surface area contributed by atoms with Crippen molar-refractivity contribution in [1.82, 2.24) is 19.4 Å². The number of rotatable bonds is 9. The lowest BCUT2D eigenvalue weighted by molar-refractivity contribution is 0.151. The van der Waals surface area contributed by atoms with Crippen LogP contribution in [0.4, 0.5) is 0 Å². The van der Waals surface area contributed by atoms with Crippen molar-refractivity contribution in [3.63, 3.8) is 0 Å². The highest BCUT2D eigenvalue weighted by Gasteiger charge is 2.21. The Labute approximate surface area is 163 Å². The molecule has 0 radical (unpaired) electrons. The lowest BCUT2D eigenvalue weighted by atomic mass is 9.96. The number of aryl methyl sites for hydroxylation is 1. The number of aromatic nitrogens is 2. The van der Waals surface area contributed by atoms with Crippen LogP contribution in [0.1, 0.15) is 31.2 Å². The summed E-state index contributed by atoms with van der Waals surface area (Å²) in [7, 11) is 3.98. The molecule has 0 atom stereocenters. The molecule has 5 heteroatoms. The lowest BCUT2D eigenvalue weighted by Gasteiger charge is -2.34. The molecule has 1 aromatic heterocycles. The van der Waals surface area contributed by atoms with Gasteiger partial charge >= 0.3 is 0 Å². The van der Waals surface area contributed by atoms with Gasteiger partial charge in [-0.3, -0.25) is 4.90 Å². The smallest absolute Gasteiger partial charge is 0.122 e. The van der Waals surface area contributed by atoms with Crippen LogP contribution in [0.3, 0.4) is 0 Å². The lowest BCUT2D eigenvalue weighted by Crippen LogP contribution is -2.38. The maximum atomic E-state index is 5.47. The highest BCUT2D eigenvalue weighted by atomic mass is 16.5. The third-order valence-electron chi connectivity index (χ3n) is 5.72. The Hall–Kier alpha value is -1.85. The summed E-state index contributed by atoms with van der Waals surface area (Å²) in [6.07, 6.45) is 7.63. The predicted molar refractivity (Wildman–Crippen MR) is 110 cm³/mol. The topological polar surface area (TPSA) is 33.5 Å². The van der Waals surface area contributed by atoms with Crippen LogP contribution in [0, 0.1) is 5.92 Å². The Morgan fingerprint density at radius 2 is 2.00 bits per heavy atom. The van der Waals surface area contributed by atoms with Gasteiger partial charge in [-0.15, -0.1) is 0 Å². The summed E-state index contributed by atoms with van der Waals surface area (Å²) in [6.45, 7) is 8.80. The van der Waals surface area contributed by atoms with Crippen molar-refractivity contribution >= 4 is 0 Å². The number of para-hydroxylation sites is 1. The van der Waals surface area contributed by atoms with Crippen molar-refractivity contribution in [3.05, 3.63) is 48.0 Å². The van der Waals surface area contributed by atoms with E-state index < -0.39 is 0 Å². The van der Waals surface area contributed by atoms with Gasteiger partial charge in [0.05, 0.1) is 13.7 Å². The molecule has 0 aliphatic carbocycles. The van der Waals surface area contributed by atoms with Gasteiger partial charge in [-0.1, -0.05) is 18.2 Å². The number of hydrogen-bond donors (Lipinski definition) is 0. The van der Waals surface area contributed by atoms with E-state index in [9.17, 15) is 0 Å². The molecule has 0 saturated carbocycles. The zero-order valence-corrected chi connectivity index (χ0v) is 17.1. The van der Waals surface area contributed by atoms with Crippen molar-refractivity contribution in [2.45, 2.75) is 39.3 Å². The molecule has 1 aliphatic rings. The summed E-state index contributed by atoms with van der Waals surface area (Å²) >= 11 is 0. The van der Waals surface area contributed by atoms with Gasteiger partial charge in [0.15, 0.2) is 0 Å². The zero-order chi connectivity index (χ0) is 19.1. The van der Waals surface area contributed by atoms with Crippen LogP contribution in [0.15, 0.2) is 36.7 Å². The van der Waals surface area contributed by atoms with E-state index in [1.165, 1.54) is 37.3 Å². The molecule has 0 amide bonds.